The van der Waals surface area contributed by atoms with E-state index in [0.29, 0.717) is 0 Å². The van der Waals surface area contributed by atoms with Gasteiger partial charge in [0.15, 0.2) is 0 Å². The second kappa shape index (κ2) is 4.19. The Morgan fingerprint density at radius 2 is 1.80 bits per heavy atom. The molecule has 4 atom stereocenters. The van der Waals surface area contributed by atoms with Gasteiger partial charge >= 0.3 is 0 Å². The minimum Gasteiger partial charge on any atom is -0.388 e. The minimum atomic E-state index is -1.27. The van der Waals surface area contributed by atoms with Crippen LogP contribution in [0.3, 0.4) is 0 Å². The lowest BCUT2D eigenvalue weighted by Crippen LogP contribution is -2.56. The number of rotatable bonds is 2. The summed E-state index contributed by atoms with van der Waals surface area (Å²) in [5.74, 6) is 0. The quantitative estimate of drug-likeness (QED) is 0.551. The van der Waals surface area contributed by atoms with Gasteiger partial charge in [0.2, 0.25) is 0 Å². The highest BCUT2D eigenvalue weighted by Gasteiger charge is 2.39. The van der Waals surface area contributed by atoms with Crippen molar-refractivity contribution in [2.24, 2.45) is 0 Å². The first-order chi connectivity index (χ1) is 7.18. The second-order valence-corrected chi connectivity index (χ2v) is 3.40. The van der Waals surface area contributed by atoms with Crippen LogP contribution in [0.2, 0.25) is 0 Å². The standard InChI is InChI=1S/C9H13NO5/c11-6-5-14-9(8(13)7(6)12)15-10-3-1-2-4-10/h1-4,6-9,11-13H,5H2/t6-,7+,8-,9?/m1/s1. The van der Waals surface area contributed by atoms with Crippen LogP contribution in [-0.2, 0) is 4.74 Å². The van der Waals surface area contributed by atoms with Gasteiger partial charge in [0.1, 0.15) is 18.3 Å². The van der Waals surface area contributed by atoms with Gasteiger partial charge in [0.05, 0.1) is 6.61 Å². The first kappa shape index (κ1) is 10.4. The van der Waals surface area contributed by atoms with Crippen molar-refractivity contribution in [3.63, 3.8) is 0 Å². The molecule has 1 saturated heterocycles. The molecule has 0 spiro atoms. The highest BCUT2D eigenvalue weighted by molar-refractivity contribution is 4.89. The van der Waals surface area contributed by atoms with E-state index in [1.807, 2.05) is 0 Å². The second-order valence-electron chi connectivity index (χ2n) is 3.40. The van der Waals surface area contributed by atoms with Gasteiger partial charge in [0, 0.05) is 12.4 Å². The van der Waals surface area contributed by atoms with Crippen molar-refractivity contribution in [3.8, 4) is 0 Å². The fraction of sp³-hybridized carbons (Fsp3) is 0.556. The Hall–Kier alpha value is -1.08. The van der Waals surface area contributed by atoms with Crippen LogP contribution in [0.15, 0.2) is 24.5 Å². The summed E-state index contributed by atoms with van der Waals surface area (Å²) in [7, 11) is 0. The van der Waals surface area contributed by atoms with Gasteiger partial charge in [-0.1, -0.05) is 0 Å². The van der Waals surface area contributed by atoms with Crippen molar-refractivity contribution in [2.75, 3.05) is 6.61 Å². The molecule has 3 N–H and O–H groups in total. The normalized spacial score (nSPS) is 36.5. The van der Waals surface area contributed by atoms with Crippen molar-refractivity contribution < 1.29 is 24.9 Å². The van der Waals surface area contributed by atoms with E-state index < -0.39 is 24.6 Å². The zero-order valence-electron chi connectivity index (χ0n) is 7.93. The largest absolute Gasteiger partial charge is 0.388 e. The summed E-state index contributed by atoms with van der Waals surface area (Å²) in [5.41, 5.74) is 0. The molecule has 2 heterocycles. The first-order valence-electron chi connectivity index (χ1n) is 4.64. The van der Waals surface area contributed by atoms with E-state index in [4.69, 9.17) is 9.57 Å². The summed E-state index contributed by atoms with van der Waals surface area (Å²) in [5, 5.41) is 28.1. The molecule has 15 heavy (non-hydrogen) atoms. The third-order valence-corrected chi connectivity index (χ3v) is 2.26. The van der Waals surface area contributed by atoms with Gasteiger partial charge in [-0.05, 0) is 12.1 Å². The fourth-order valence-corrected chi connectivity index (χ4v) is 1.38. The average molecular weight is 215 g/mol. The first-order valence-corrected chi connectivity index (χ1v) is 4.64. The van der Waals surface area contributed by atoms with Crippen LogP contribution in [-0.4, -0.2) is 51.3 Å². The van der Waals surface area contributed by atoms with Gasteiger partial charge in [-0.2, -0.15) is 4.73 Å². The summed E-state index contributed by atoms with van der Waals surface area (Å²) < 4.78 is 6.40. The van der Waals surface area contributed by atoms with E-state index in [0.717, 1.165) is 0 Å². The number of aliphatic hydroxyl groups is 3. The Balaban J connectivity index is 1.98. The van der Waals surface area contributed by atoms with E-state index in [9.17, 15) is 15.3 Å². The zero-order chi connectivity index (χ0) is 10.8. The maximum absolute atomic E-state index is 9.53. The average Bonchev–Trinajstić information content (AvgIpc) is 2.72. The molecule has 1 aliphatic rings. The van der Waals surface area contributed by atoms with Crippen LogP contribution in [0, 0.1) is 0 Å². The van der Waals surface area contributed by atoms with Crippen LogP contribution in [0.25, 0.3) is 0 Å². The molecule has 0 amide bonds. The number of aliphatic hydroxyl groups excluding tert-OH is 3. The molecule has 0 aromatic carbocycles. The fourth-order valence-electron chi connectivity index (χ4n) is 1.38. The predicted octanol–water partition coefficient (Wildman–Crippen LogP) is -1.64. The number of hydrogen-bond donors (Lipinski definition) is 3. The van der Waals surface area contributed by atoms with Crippen molar-refractivity contribution in [1.29, 1.82) is 0 Å². The molecule has 0 radical (unpaired) electrons. The Kier molecular flexibility index (Phi) is 2.92. The van der Waals surface area contributed by atoms with Gasteiger partial charge in [-0.25, -0.2) is 0 Å². The highest BCUT2D eigenvalue weighted by Crippen LogP contribution is 2.14. The predicted molar refractivity (Wildman–Crippen MR) is 48.8 cm³/mol. The van der Waals surface area contributed by atoms with E-state index in [1.54, 1.807) is 24.5 Å². The number of aromatic nitrogens is 1. The van der Waals surface area contributed by atoms with E-state index in [-0.39, 0.29) is 6.61 Å². The van der Waals surface area contributed by atoms with Gasteiger partial charge in [-0.3, -0.25) is 0 Å². The molecule has 1 aromatic heterocycles. The van der Waals surface area contributed by atoms with Crippen LogP contribution < -0.4 is 4.84 Å². The van der Waals surface area contributed by atoms with Crippen LogP contribution in [0.5, 0.6) is 0 Å². The third kappa shape index (κ3) is 2.13. The smallest absolute Gasteiger partial charge is 0.253 e. The minimum absolute atomic E-state index is 0.0653. The Morgan fingerprint density at radius 1 is 1.13 bits per heavy atom. The van der Waals surface area contributed by atoms with Crippen molar-refractivity contribution in [2.45, 2.75) is 24.6 Å². The van der Waals surface area contributed by atoms with E-state index >= 15 is 0 Å². The Labute approximate surface area is 86.2 Å². The van der Waals surface area contributed by atoms with E-state index in [1.165, 1.54) is 4.73 Å². The van der Waals surface area contributed by atoms with Crippen LogP contribution >= 0.6 is 0 Å². The summed E-state index contributed by atoms with van der Waals surface area (Å²) >= 11 is 0. The lowest BCUT2D eigenvalue weighted by atomic mass is 10.1. The van der Waals surface area contributed by atoms with Crippen molar-refractivity contribution in [3.05, 3.63) is 24.5 Å². The molecule has 0 bridgehead atoms. The van der Waals surface area contributed by atoms with Gasteiger partial charge < -0.3 is 24.9 Å². The Morgan fingerprint density at radius 3 is 2.47 bits per heavy atom. The monoisotopic (exact) mass is 215 g/mol. The maximum atomic E-state index is 9.53. The molecule has 1 unspecified atom stereocenters. The molecule has 1 aromatic rings. The summed E-state index contributed by atoms with van der Waals surface area (Å²) in [4.78, 5) is 5.20. The summed E-state index contributed by atoms with van der Waals surface area (Å²) in [6.45, 7) is -0.0653. The molecular weight excluding hydrogens is 202 g/mol. The highest BCUT2D eigenvalue weighted by atomic mass is 16.8. The molecule has 2 rings (SSSR count). The zero-order valence-corrected chi connectivity index (χ0v) is 7.93. The molecule has 1 fully saturated rings. The maximum Gasteiger partial charge on any atom is 0.253 e. The SMILES string of the molecule is O[C@H]1[C@H](O)COC(On2cccc2)[C@@H]1O. The molecular formula is C9H13NO5. The molecule has 6 heteroatoms. The molecule has 84 valence electrons. The lowest BCUT2D eigenvalue weighted by molar-refractivity contribution is -0.269. The molecule has 1 aliphatic heterocycles. The molecule has 6 nitrogen and oxygen atoms in total. The third-order valence-electron chi connectivity index (χ3n) is 2.26. The van der Waals surface area contributed by atoms with Gasteiger partial charge in [0.25, 0.3) is 6.29 Å². The number of hydrogen-bond acceptors (Lipinski definition) is 5. The lowest BCUT2D eigenvalue weighted by Gasteiger charge is -2.34. The summed E-state index contributed by atoms with van der Waals surface area (Å²) in [6, 6.07) is 3.50. The molecule has 0 saturated carbocycles. The number of nitrogens with zero attached hydrogens (tertiary/aromatic N) is 1. The van der Waals surface area contributed by atoms with Crippen LogP contribution in [0.4, 0.5) is 0 Å². The summed E-state index contributed by atoms with van der Waals surface area (Å²) in [6.07, 6.45) is -1.31. The topological polar surface area (TPSA) is 84.1 Å². The Bertz CT molecular complexity index is 301. The molecule has 0 aliphatic carbocycles. The van der Waals surface area contributed by atoms with Gasteiger partial charge in [-0.15, -0.1) is 0 Å². The van der Waals surface area contributed by atoms with Crippen molar-refractivity contribution >= 4 is 0 Å². The number of ether oxygens (including phenoxy) is 1. The van der Waals surface area contributed by atoms with E-state index in [2.05, 4.69) is 0 Å². The van der Waals surface area contributed by atoms with Crippen LogP contribution in [0.1, 0.15) is 0 Å². The van der Waals surface area contributed by atoms with Crippen molar-refractivity contribution in [1.82, 2.24) is 4.73 Å².